The van der Waals surface area contributed by atoms with Crippen molar-refractivity contribution in [1.82, 2.24) is 4.98 Å². The van der Waals surface area contributed by atoms with Crippen LogP contribution in [0.25, 0.3) is 6.08 Å². The van der Waals surface area contributed by atoms with E-state index in [1.54, 1.807) is 0 Å². The van der Waals surface area contributed by atoms with Crippen LogP contribution in [-0.4, -0.2) is 15.7 Å². The van der Waals surface area contributed by atoms with Crippen molar-refractivity contribution in [3.8, 4) is 0 Å². The molecule has 1 aromatic carbocycles. The van der Waals surface area contributed by atoms with Crippen molar-refractivity contribution >= 4 is 29.1 Å². The number of ketones is 1. The van der Waals surface area contributed by atoms with Crippen molar-refractivity contribution < 1.29 is 22.9 Å². The Balaban J connectivity index is 2.29. The lowest BCUT2D eigenvalue weighted by molar-refractivity contribution is -0.385. The normalized spacial score (nSPS) is 11.7. The molecule has 0 radical (unpaired) electrons. The van der Waals surface area contributed by atoms with Crippen LogP contribution in [0, 0.1) is 10.1 Å². The van der Waals surface area contributed by atoms with Crippen LogP contribution in [0.2, 0.25) is 5.02 Å². The average Bonchev–Trinajstić information content (AvgIpc) is 2.52. The number of nitrogens with zero attached hydrogens (tertiary/aromatic N) is 2. The molecule has 0 bridgehead atoms. The molecule has 2 rings (SSSR count). The predicted octanol–water partition coefficient (Wildman–Crippen LogP) is 4.56. The van der Waals surface area contributed by atoms with Crippen LogP contribution in [0.4, 0.5) is 18.9 Å². The van der Waals surface area contributed by atoms with Gasteiger partial charge in [0, 0.05) is 12.3 Å². The van der Waals surface area contributed by atoms with E-state index in [2.05, 4.69) is 4.98 Å². The van der Waals surface area contributed by atoms with Gasteiger partial charge < -0.3 is 0 Å². The SMILES string of the molecule is O=C(/C=C/c1ncc(C(F)(F)F)cc1Cl)c1ccccc1[N+](=O)[O-]. The molecule has 124 valence electrons. The van der Waals surface area contributed by atoms with Crippen LogP contribution in [0.5, 0.6) is 0 Å². The van der Waals surface area contributed by atoms with E-state index >= 15 is 0 Å². The maximum Gasteiger partial charge on any atom is 0.417 e. The number of halogens is 4. The van der Waals surface area contributed by atoms with E-state index in [1.807, 2.05) is 0 Å². The maximum atomic E-state index is 12.5. The summed E-state index contributed by atoms with van der Waals surface area (Å²) in [6, 6.07) is 5.99. The van der Waals surface area contributed by atoms with Gasteiger partial charge in [-0.05, 0) is 24.3 Å². The summed E-state index contributed by atoms with van der Waals surface area (Å²) in [5.74, 6) is -0.694. The minimum absolute atomic E-state index is 0.0587. The van der Waals surface area contributed by atoms with Gasteiger partial charge in [-0.1, -0.05) is 23.7 Å². The number of hydrogen-bond acceptors (Lipinski definition) is 4. The van der Waals surface area contributed by atoms with Crippen LogP contribution >= 0.6 is 11.6 Å². The van der Waals surface area contributed by atoms with Gasteiger partial charge in [0.05, 0.1) is 26.8 Å². The van der Waals surface area contributed by atoms with E-state index in [9.17, 15) is 28.1 Å². The molecule has 0 saturated carbocycles. The van der Waals surface area contributed by atoms with Crippen LogP contribution in [0.15, 0.2) is 42.6 Å². The third kappa shape index (κ3) is 3.96. The largest absolute Gasteiger partial charge is 0.417 e. The molecule has 5 nitrogen and oxygen atoms in total. The van der Waals surface area contributed by atoms with E-state index in [-0.39, 0.29) is 22.0 Å². The Kier molecular flexibility index (Phi) is 4.99. The Labute approximate surface area is 138 Å². The fourth-order valence-corrected chi connectivity index (χ4v) is 2.04. The summed E-state index contributed by atoms with van der Waals surface area (Å²) in [5, 5.41) is 10.6. The number of alkyl halides is 3. The molecule has 0 fully saturated rings. The van der Waals surface area contributed by atoms with E-state index < -0.39 is 22.4 Å². The highest BCUT2D eigenvalue weighted by molar-refractivity contribution is 6.32. The zero-order valence-corrected chi connectivity index (χ0v) is 12.5. The van der Waals surface area contributed by atoms with Gasteiger partial charge in [-0.2, -0.15) is 13.2 Å². The molecule has 1 heterocycles. The molecule has 9 heteroatoms. The number of hydrogen-bond donors (Lipinski definition) is 0. The summed E-state index contributed by atoms with van der Waals surface area (Å²) in [7, 11) is 0. The first kappa shape index (κ1) is 17.6. The lowest BCUT2D eigenvalue weighted by Gasteiger charge is -2.07. The van der Waals surface area contributed by atoms with Gasteiger partial charge >= 0.3 is 6.18 Å². The van der Waals surface area contributed by atoms with Gasteiger partial charge in [-0.25, -0.2) is 0 Å². The molecule has 0 saturated heterocycles. The molecule has 2 aromatic rings. The second-order valence-corrected chi connectivity index (χ2v) is 4.97. The number of para-hydroxylation sites is 1. The number of carbonyl (C=O) groups is 1. The first-order valence-corrected chi connectivity index (χ1v) is 6.76. The summed E-state index contributed by atoms with van der Waals surface area (Å²) < 4.78 is 37.6. The van der Waals surface area contributed by atoms with Crippen LogP contribution in [0.3, 0.4) is 0 Å². The lowest BCUT2D eigenvalue weighted by Crippen LogP contribution is -2.06. The standard InChI is InChI=1S/C15H8ClF3N2O3/c16-11-7-9(15(17,18)19)8-20-12(11)5-6-14(22)10-3-1-2-4-13(10)21(23)24/h1-8H/b6-5+. The lowest BCUT2D eigenvalue weighted by atomic mass is 10.1. The number of nitro groups is 1. The van der Waals surface area contributed by atoms with E-state index in [1.165, 1.54) is 24.3 Å². The van der Waals surface area contributed by atoms with E-state index in [0.717, 1.165) is 12.2 Å². The fourth-order valence-electron chi connectivity index (χ4n) is 1.81. The van der Waals surface area contributed by atoms with Gasteiger partial charge in [-0.3, -0.25) is 19.9 Å². The Morgan fingerprint density at radius 1 is 1.29 bits per heavy atom. The van der Waals surface area contributed by atoms with Crippen molar-refractivity contribution in [3.05, 3.63) is 74.6 Å². The van der Waals surface area contributed by atoms with Crippen molar-refractivity contribution in [2.24, 2.45) is 0 Å². The van der Waals surface area contributed by atoms with Crippen molar-refractivity contribution in [3.63, 3.8) is 0 Å². The number of rotatable bonds is 4. The molecule has 0 atom stereocenters. The summed E-state index contributed by atoms with van der Waals surface area (Å²) >= 11 is 5.71. The molecule has 0 unspecified atom stereocenters. The first-order chi connectivity index (χ1) is 11.2. The molecule has 0 N–H and O–H groups in total. The number of allylic oxidation sites excluding steroid dienone is 1. The highest BCUT2D eigenvalue weighted by atomic mass is 35.5. The maximum absolute atomic E-state index is 12.5. The Hall–Kier alpha value is -2.74. The zero-order chi connectivity index (χ0) is 17.9. The minimum atomic E-state index is -4.58. The molecule has 0 amide bonds. The monoisotopic (exact) mass is 356 g/mol. The minimum Gasteiger partial charge on any atom is -0.289 e. The van der Waals surface area contributed by atoms with Crippen molar-refractivity contribution in [1.29, 1.82) is 0 Å². The van der Waals surface area contributed by atoms with Crippen molar-refractivity contribution in [2.75, 3.05) is 0 Å². The molecule has 0 aliphatic rings. The number of nitro benzene ring substituents is 1. The van der Waals surface area contributed by atoms with Gasteiger partial charge in [0.1, 0.15) is 0 Å². The molecule has 0 aliphatic heterocycles. The highest BCUT2D eigenvalue weighted by Gasteiger charge is 2.31. The second-order valence-electron chi connectivity index (χ2n) is 4.56. The Morgan fingerprint density at radius 2 is 1.96 bits per heavy atom. The number of aromatic nitrogens is 1. The highest BCUT2D eigenvalue weighted by Crippen LogP contribution is 2.31. The van der Waals surface area contributed by atoms with E-state index in [0.29, 0.717) is 12.3 Å². The van der Waals surface area contributed by atoms with Crippen molar-refractivity contribution in [2.45, 2.75) is 6.18 Å². The number of carbonyl (C=O) groups excluding carboxylic acids is 1. The Bertz CT molecular complexity index is 835. The topological polar surface area (TPSA) is 73.1 Å². The summed E-state index contributed by atoms with van der Waals surface area (Å²) in [6.45, 7) is 0. The van der Waals surface area contributed by atoms with Gasteiger partial charge in [-0.15, -0.1) is 0 Å². The molecule has 0 spiro atoms. The van der Waals surface area contributed by atoms with Crippen LogP contribution < -0.4 is 0 Å². The third-order valence-electron chi connectivity index (χ3n) is 2.96. The van der Waals surface area contributed by atoms with Gasteiger partial charge in [0.2, 0.25) is 0 Å². The van der Waals surface area contributed by atoms with Crippen LogP contribution in [-0.2, 0) is 6.18 Å². The number of benzene rings is 1. The summed E-state index contributed by atoms with van der Waals surface area (Å²) in [4.78, 5) is 25.8. The summed E-state index contributed by atoms with van der Waals surface area (Å²) in [6.07, 6.45) is -1.94. The molecule has 0 aliphatic carbocycles. The molecule has 24 heavy (non-hydrogen) atoms. The number of pyridine rings is 1. The Morgan fingerprint density at radius 3 is 2.54 bits per heavy atom. The van der Waals surface area contributed by atoms with E-state index in [4.69, 9.17) is 11.6 Å². The average molecular weight is 357 g/mol. The van der Waals surface area contributed by atoms with Crippen LogP contribution in [0.1, 0.15) is 21.6 Å². The van der Waals surface area contributed by atoms with Gasteiger partial charge in [0.15, 0.2) is 5.78 Å². The summed E-state index contributed by atoms with van der Waals surface area (Å²) in [5.41, 5.74) is -1.60. The zero-order valence-electron chi connectivity index (χ0n) is 11.7. The fraction of sp³-hybridized carbons (Fsp3) is 0.0667. The quantitative estimate of drug-likeness (QED) is 0.348. The molecular weight excluding hydrogens is 349 g/mol. The smallest absolute Gasteiger partial charge is 0.289 e. The van der Waals surface area contributed by atoms with Gasteiger partial charge in [0.25, 0.3) is 5.69 Å². The predicted molar refractivity (Wildman–Crippen MR) is 80.7 cm³/mol. The first-order valence-electron chi connectivity index (χ1n) is 6.38. The second kappa shape index (κ2) is 6.79. The molecule has 1 aromatic heterocycles. The molecular formula is C15H8ClF3N2O3. The third-order valence-corrected chi connectivity index (χ3v) is 3.26.